The molecule has 3 aromatic rings. The zero-order valence-electron chi connectivity index (χ0n) is 14.7. The molecule has 1 amide bonds. The number of ether oxygens (including phenoxy) is 2. The van der Waals surface area contributed by atoms with E-state index in [9.17, 15) is 9.59 Å². The Balaban J connectivity index is 1.56. The van der Waals surface area contributed by atoms with Crippen LogP contribution in [0.2, 0.25) is 0 Å². The first-order chi connectivity index (χ1) is 13.1. The third-order valence-corrected chi connectivity index (χ3v) is 4.32. The van der Waals surface area contributed by atoms with Crippen molar-refractivity contribution < 1.29 is 19.1 Å². The van der Waals surface area contributed by atoms with Crippen LogP contribution in [0.25, 0.3) is 5.52 Å². The first kappa shape index (κ1) is 17.0. The Bertz CT molecular complexity index is 1000. The van der Waals surface area contributed by atoms with Crippen molar-refractivity contribution in [3.8, 4) is 5.75 Å². The number of nitrogens with zero attached hydrogens (tertiary/aromatic N) is 3. The molecule has 4 rings (SSSR count). The number of amides is 1. The van der Waals surface area contributed by atoms with Crippen LogP contribution >= 0.6 is 0 Å². The highest BCUT2D eigenvalue weighted by Crippen LogP contribution is 2.22. The number of aryl methyl sites for hydroxylation is 1. The first-order valence-electron chi connectivity index (χ1n) is 8.58. The summed E-state index contributed by atoms with van der Waals surface area (Å²) in [5.74, 6) is 0.0243. The maximum atomic E-state index is 12.7. The number of carbonyl (C=O) groups is 2. The van der Waals surface area contributed by atoms with Crippen LogP contribution < -0.4 is 10.1 Å². The molecule has 0 saturated carbocycles. The molecular weight excluding hydrogens is 348 g/mol. The Morgan fingerprint density at radius 2 is 2.30 bits per heavy atom. The average Bonchev–Trinajstić information content (AvgIpc) is 3.22. The molecule has 138 valence electrons. The highest BCUT2D eigenvalue weighted by molar-refractivity contribution is 6.02. The summed E-state index contributed by atoms with van der Waals surface area (Å²) in [6.07, 6.45) is 3.64. The summed E-state index contributed by atoms with van der Waals surface area (Å²) in [7, 11) is 0. The van der Waals surface area contributed by atoms with Crippen molar-refractivity contribution in [3.63, 3.8) is 0 Å². The van der Waals surface area contributed by atoms with Crippen LogP contribution in [0.3, 0.4) is 0 Å². The maximum Gasteiger partial charge on any atom is 0.308 e. The fraction of sp³-hybridized carbons (Fsp3) is 0.263. The molecule has 1 unspecified atom stereocenters. The predicted molar refractivity (Wildman–Crippen MR) is 95.3 cm³/mol. The predicted octanol–water partition coefficient (Wildman–Crippen LogP) is 1.66. The van der Waals surface area contributed by atoms with E-state index in [0.29, 0.717) is 29.1 Å². The monoisotopic (exact) mass is 366 g/mol. The lowest BCUT2D eigenvalue weighted by Crippen LogP contribution is -2.35. The largest absolute Gasteiger partial charge is 0.487 e. The number of rotatable bonds is 5. The normalized spacial score (nSPS) is 16.3. The molecule has 8 heteroatoms. The number of aromatic nitrogens is 3. The Hall–Kier alpha value is -3.42. The molecule has 1 N–H and O–H groups in total. The molecule has 0 aromatic carbocycles. The molecule has 0 spiro atoms. The van der Waals surface area contributed by atoms with Gasteiger partial charge in [-0.15, -0.1) is 0 Å². The second kappa shape index (κ2) is 7.06. The highest BCUT2D eigenvalue weighted by atomic mass is 16.5. The molecule has 0 bridgehead atoms. The molecule has 27 heavy (non-hydrogen) atoms. The van der Waals surface area contributed by atoms with Gasteiger partial charge in [-0.3, -0.25) is 14.6 Å². The van der Waals surface area contributed by atoms with Gasteiger partial charge < -0.3 is 14.8 Å². The van der Waals surface area contributed by atoms with Crippen LogP contribution in [-0.2, 0) is 16.1 Å². The van der Waals surface area contributed by atoms with Crippen molar-refractivity contribution in [1.82, 2.24) is 19.9 Å². The lowest BCUT2D eigenvalue weighted by atomic mass is 10.1. The number of hydrogen-bond donors (Lipinski definition) is 1. The van der Waals surface area contributed by atoms with Crippen molar-refractivity contribution in [3.05, 3.63) is 59.7 Å². The van der Waals surface area contributed by atoms with E-state index in [4.69, 9.17) is 9.47 Å². The quantitative estimate of drug-likeness (QED) is 0.690. The van der Waals surface area contributed by atoms with E-state index in [-0.39, 0.29) is 30.9 Å². The lowest BCUT2D eigenvalue weighted by molar-refractivity contribution is -0.137. The standard InChI is InChI=1S/C19H18N4O4/c1-12-18(19(25)21-14-8-17(24)27-11-14)16-9-15(5-7-23(16)22-12)26-10-13-4-2-3-6-20-13/h2-7,9,14H,8,10-11H2,1H3,(H,21,25). The second-order valence-electron chi connectivity index (χ2n) is 6.32. The summed E-state index contributed by atoms with van der Waals surface area (Å²) >= 11 is 0. The van der Waals surface area contributed by atoms with Gasteiger partial charge >= 0.3 is 5.97 Å². The van der Waals surface area contributed by atoms with Gasteiger partial charge in [-0.1, -0.05) is 6.07 Å². The summed E-state index contributed by atoms with van der Waals surface area (Å²) in [6.45, 7) is 2.29. The van der Waals surface area contributed by atoms with E-state index in [1.165, 1.54) is 0 Å². The van der Waals surface area contributed by atoms with Gasteiger partial charge in [0.2, 0.25) is 0 Å². The fourth-order valence-electron chi connectivity index (χ4n) is 3.02. The smallest absolute Gasteiger partial charge is 0.308 e. The number of esters is 1. The molecule has 1 aliphatic rings. The number of nitrogens with one attached hydrogen (secondary N) is 1. The van der Waals surface area contributed by atoms with Gasteiger partial charge in [-0.25, -0.2) is 4.52 Å². The van der Waals surface area contributed by atoms with E-state index in [1.54, 1.807) is 36.0 Å². The Morgan fingerprint density at radius 1 is 1.41 bits per heavy atom. The number of carbonyl (C=O) groups excluding carboxylic acids is 2. The van der Waals surface area contributed by atoms with E-state index in [0.717, 1.165) is 5.69 Å². The Morgan fingerprint density at radius 3 is 3.04 bits per heavy atom. The third-order valence-electron chi connectivity index (χ3n) is 4.32. The highest BCUT2D eigenvalue weighted by Gasteiger charge is 2.27. The second-order valence-corrected chi connectivity index (χ2v) is 6.32. The van der Waals surface area contributed by atoms with Gasteiger partial charge in [0, 0.05) is 18.5 Å². The molecule has 0 aliphatic carbocycles. The zero-order chi connectivity index (χ0) is 18.8. The topological polar surface area (TPSA) is 94.8 Å². The van der Waals surface area contributed by atoms with Gasteiger partial charge in [0.05, 0.1) is 34.9 Å². The number of fused-ring (bicyclic) bond motifs is 1. The number of hydrogen-bond acceptors (Lipinski definition) is 6. The van der Waals surface area contributed by atoms with Crippen molar-refractivity contribution in [2.75, 3.05) is 6.61 Å². The van der Waals surface area contributed by atoms with E-state index in [1.807, 2.05) is 18.2 Å². The van der Waals surface area contributed by atoms with Crippen molar-refractivity contribution in [2.45, 2.75) is 26.0 Å². The Kier molecular flexibility index (Phi) is 4.45. The molecule has 8 nitrogen and oxygen atoms in total. The molecule has 1 fully saturated rings. The fourth-order valence-corrected chi connectivity index (χ4v) is 3.02. The van der Waals surface area contributed by atoms with Crippen LogP contribution in [0.15, 0.2) is 42.7 Å². The summed E-state index contributed by atoms with van der Waals surface area (Å²) in [5, 5.41) is 7.21. The van der Waals surface area contributed by atoms with Gasteiger partial charge in [0.1, 0.15) is 19.0 Å². The van der Waals surface area contributed by atoms with E-state index >= 15 is 0 Å². The summed E-state index contributed by atoms with van der Waals surface area (Å²) in [6, 6.07) is 8.86. The van der Waals surface area contributed by atoms with Crippen LogP contribution in [-0.4, -0.2) is 39.1 Å². The molecule has 1 atom stereocenters. The van der Waals surface area contributed by atoms with E-state index in [2.05, 4.69) is 15.4 Å². The number of pyridine rings is 2. The number of cyclic esters (lactones) is 1. The molecule has 3 aromatic heterocycles. The molecule has 0 radical (unpaired) electrons. The van der Waals surface area contributed by atoms with Crippen molar-refractivity contribution >= 4 is 17.4 Å². The zero-order valence-corrected chi connectivity index (χ0v) is 14.7. The van der Waals surface area contributed by atoms with Crippen molar-refractivity contribution in [1.29, 1.82) is 0 Å². The minimum absolute atomic E-state index is 0.183. The average molecular weight is 366 g/mol. The molecule has 1 saturated heterocycles. The van der Waals surface area contributed by atoms with Gasteiger partial charge in [0.15, 0.2) is 0 Å². The van der Waals surface area contributed by atoms with Crippen LogP contribution in [0.5, 0.6) is 5.75 Å². The SMILES string of the molecule is Cc1nn2ccc(OCc3ccccn3)cc2c1C(=O)NC1COC(=O)C1. The molecule has 4 heterocycles. The summed E-state index contributed by atoms with van der Waals surface area (Å²) in [4.78, 5) is 28.2. The minimum atomic E-state index is -0.317. The van der Waals surface area contributed by atoms with E-state index < -0.39 is 0 Å². The van der Waals surface area contributed by atoms with Crippen LogP contribution in [0.1, 0.15) is 28.2 Å². The summed E-state index contributed by atoms with van der Waals surface area (Å²) in [5.41, 5.74) is 2.50. The van der Waals surface area contributed by atoms with Crippen molar-refractivity contribution in [2.24, 2.45) is 0 Å². The molecular formula is C19H18N4O4. The summed E-state index contributed by atoms with van der Waals surface area (Å²) < 4.78 is 12.3. The van der Waals surface area contributed by atoms with Gasteiger partial charge in [0.25, 0.3) is 5.91 Å². The molecule has 1 aliphatic heterocycles. The van der Waals surface area contributed by atoms with Gasteiger partial charge in [-0.2, -0.15) is 5.10 Å². The first-order valence-corrected chi connectivity index (χ1v) is 8.58. The van der Waals surface area contributed by atoms with Gasteiger partial charge in [-0.05, 0) is 25.1 Å². The lowest BCUT2D eigenvalue weighted by Gasteiger charge is -2.10. The maximum absolute atomic E-state index is 12.7. The third kappa shape index (κ3) is 3.59. The van der Waals surface area contributed by atoms with Crippen LogP contribution in [0, 0.1) is 6.92 Å². The van der Waals surface area contributed by atoms with Crippen LogP contribution in [0.4, 0.5) is 0 Å². The Labute approximate surface area is 155 Å². The minimum Gasteiger partial charge on any atom is -0.487 e.